The number of halogens is 1. The van der Waals surface area contributed by atoms with Gasteiger partial charge in [-0.1, -0.05) is 22.0 Å². The number of aromatic nitrogens is 2. The Morgan fingerprint density at radius 2 is 2.08 bits per heavy atom. The van der Waals surface area contributed by atoms with Gasteiger partial charge in [-0.25, -0.2) is 4.98 Å². The topological polar surface area (TPSA) is 70.6 Å². The van der Waals surface area contributed by atoms with E-state index in [4.69, 9.17) is 4.74 Å². The summed E-state index contributed by atoms with van der Waals surface area (Å²) in [6.07, 6.45) is 1.66. The van der Waals surface area contributed by atoms with Gasteiger partial charge in [-0.2, -0.15) is 4.98 Å². The van der Waals surface area contributed by atoms with Crippen LogP contribution in [0.5, 0.6) is 0 Å². The maximum atomic E-state index is 12.5. The summed E-state index contributed by atoms with van der Waals surface area (Å²) in [5, 5.41) is 2.90. The fourth-order valence-electron chi connectivity index (χ4n) is 2.53. The first kappa shape index (κ1) is 17.6. The van der Waals surface area contributed by atoms with Crippen LogP contribution in [0.1, 0.15) is 10.4 Å². The van der Waals surface area contributed by atoms with Gasteiger partial charge in [0.25, 0.3) is 5.91 Å². The van der Waals surface area contributed by atoms with E-state index in [1.165, 1.54) is 0 Å². The summed E-state index contributed by atoms with van der Waals surface area (Å²) in [6.45, 7) is 2.86. The van der Waals surface area contributed by atoms with E-state index in [9.17, 15) is 4.79 Å². The highest BCUT2D eigenvalue weighted by Crippen LogP contribution is 2.25. The molecule has 0 saturated carbocycles. The Kier molecular flexibility index (Phi) is 5.50. The van der Waals surface area contributed by atoms with E-state index in [-0.39, 0.29) is 5.91 Å². The van der Waals surface area contributed by atoms with E-state index in [1.54, 1.807) is 18.3 Å². The van der Waals surface area contributed by atoms with Crippen molar-refractivity contribution in [2.75, 3.05) is 55.5 Å². The molecule has 0 spiro atoms. The van der Waals surface area contributed by atoms with Crippen LogP contribution in [0.2, 0.25) is 0 Å². The molecule has 1 N–H and O–H groups in total. The third-order valence-electron chi connectivity index (χ3n) is 3.81. The van der Waals surface area contributed by atoms with Gasteiger partial charge >= 0.3 is 0 Å². The molecule has 1 fully saturated rings. The minimum Gasteiger partial charge on any atom is -0.378 e. The SMILES string of the molecule is CN(C)c1nc(N2CCOCC2)ncc1NC(=O)c1cccc(Br)c1. The second kappa shape index (κ2) is 7.79. The van der Waals surface area contributed by atoms with Gasteiger partial charge in [0.15, 0.2) is 5.82 Å². The molecule has 25 heavy (non-hydrogen) atoms. The molecule has 1 amide bonds. The van der Waals surface area contributed by atoms with Gasteiger partial charge in [-0.3, -0.25) is 4.79 Å². The fraction of sp³-hybridized carbons (Fsp3) is 0.353. The van der Waals surface area contributed by atoms with E-state index in [1.807, 2.05) is 31.1 Å². The highest BCUT2D eigenvalue weighted by Gasteiger charge is 2.18. The molecule has 7 nitrogen and oxygen atoms in total. The quantitative estimate of drug-likeness (QED) is 0.841. The predicted molar refractivity (Wildman–Crippen MR) is 101 cm³/mol. The monoisotopic (exact) mass is 405 g/mol. The molecule has 2 aromatic rings. The molecular weight excluding hydrogens is 386 g/mol. The number of nitrogens with zero attached hydrogens (tertiary/aromatic N) is 4. The molecule has 0 bridgehead atoms. The summed E-state index contributed by atoms with van der Waals surface area (Å²) >= 11 is 3.38. The van der Waals surface area contributed by atoms with Crippen molar-refractivity contribution in [3.8, 4) is 0 Å². The maximum Gasteiger partial charge on any atom is 0.255 e. The molecule has 1 aromatic heterocycles. The molecule has 0 radical (unpaired) electrons. The third-order valence-corrected chi connectivity index (χ3v) is 4.30. The molecule has 1 aliphatic rings. The second-order valence-corrected chi connectivity index (χ2v) is 6.78. The van der Waals surface area contributed by atoms with Crippen LogP contribution >= 0.6 is 15.9 Å². The standard InChI is InChI=1S/C17H20BrN5O2/c1-22(2)15-14(20-16(24)12-4-3-5-13(18)10-12)11-19-17(21-15)23-6-8-25-9-7-23/h3-5,10-11H,6-9H2,1-2H3,(H,20,24). The van der Waals surface area contributed by atoms with Crippen LogP contribution in [0.15, 0.2) is 34.9 Å². The Bertz CT molecular complexity index is 762. The number of benzene rings is 1. The van der Waals surface area contributed by atoms with Crippen LogP contribution in [-0.2, 0) is 4.74 Å². The molecule has 132 valence electrons. The number of amides is 1. The van der Waals surface area contributed by atoms with Crippen LogP contribution in [-0.4, -0.2) is 56.3 Å². The van der Waals surface area contributed by atoms with E-state index >= 15 is 0 Å². The van der Waals surface area contributed by atoms with Crippen molar-refractivity contribution in [2.24, 2.45) is 0 Å². The zero-order valence-corrected chi connectivity index (χ0v) is 15.8. The Hall–Kier alpha value is -2.19. The lowest BCUT2D eigenvalue weighted by atomic mass is 10.2. The summed E-state index contributed by atoms with van der Waals surface area (Å²) in [5.41, 5.74) is 1.14. The van der Waals surface area contributed by atoms with Crippen molar-refractivity contribution in [3.63, 3.8) is 0 Å². The normalized spacial score (nSPS) is 14.3. The van der Waals surface area contributed by atoms with Crippen LogP contribution < -0.4 is 15.1 Å². The molecule has 2 heterocycles. The molecule has 0 atom stereocenters. The number of anilines is 3. The number of hydrogen-bond acceptors (Lipinski definition) is 6. The van der Waals surface area contributed by atoms with Crippen molar-refractivity contribution in [1.82, 2.24) is 9.97 Å². The van der Waals surface area contributed by atoms with E-state index < -0.39 is 0 Å². The Morgan fingerprint density at radius 1 is 1.32 bits per heavy atom. The first-order chi connectivity index (χ1) is 12.0. The maximum absolute atomic E-state index is 12.5. The molecule has 1 aromatic carbocycles. The Balaban J connectivity index is 1.84. The highest BCUT2D eigenvalue weighted by atomic mass is 79.9. The van der Waals surface area contributed by atoms with Crippen LogP contribution in [0.25, 0.3) is 0 Å². The van der Waals surface area contributed by atoms with Gasteiger partial charge in [-0.15, -0.1) is 0 Å². The van der Waals surface area contributed by atoms with Crippen LogP contribution in [0.3, 0.4) is 0 Å². The van der Waals surface area contributed by atoms with Gasteiger partial charge in [-0.05, 0) is 18.2 Å². The number of ether oxygens (including phenoxy) is 1. The lowest BCUT2D eigenvalue weighted by Gasteiger charge is -2.28. The van der Waals surface area contributed by atoms with E-state index in [0.717, 1.165) is 17.6 Å². The van der Waals surface area contributed by atoms with Gasteiger partial charge in [0.2, 0.25) is 5.95 Å². The summed E-state index contributed by atoms with van der Waals surface area (Å²) in [6, 6.07) is 7.23. The van der Waals surface area contributed by atoms with Crippen molar-refractivity contribution in [2.45, 2.75) is 0 Å². The van der Waals surface area contributed by atoms with Gasteiger partial charge < -0.3 is 19.9 Å². The second-order valence-electron chi connectivity index (χ2n) is 5.87. The van der Waals surface area contributed by atoms with Crippen molar-refractivity contribution < 1.29 is 9.53 Å². The molecule has 0 aliphatic carbocycles. The Morgan fingerprint density at radius 3 is 2.76 bits per heavy atom. The van der Waals surface area contributed by atoms with Crippen LogP contribution in [0.4, 0.5) is 17.5 Å². The first-order valence-electron chi connectivity index (χ1n) is 7.98. The van der Waals surface area contributed by atoms with Gasteiger partial charge in [0, 0.05) is 37.2 Å². The lowest BCUT2D eigenvalue weighted by Crippen LogP contribution is -2.37. The van der Waals surface area contributed by atoms with Crippen molar-refractivity contribution >= 4 is 39.3 Å². The fourth-order valence-corrected chi connectivity index (χ4v) is 2.93. The molecule has 1 aliphatic heterocycles. The lowest BCUT2D eigenvalue weighted by molar-refractivity contribution is 0.102. The molecule has 8 heteroatoms. The minimum atomic E-state index is -0.202. The Labute approximate surface area is 155 Å². The minimum absolute atomic E-state index is 0.202. The number of carbonyl (C=O) groups excluding carboxylic acids is 1. The number of nitrogens with one attached hydrogen (secondary N) is 1. The summed E-state index contributed by atoms with van der Waals surface area (Å²) in [7, 11) is 3.78. The van der Waals surface area contributed by atoms with Gasteiger partial charge in [0.05, 0.1) is 19.4 Å². The van der Waals surface area contributed by atoms with Crippen LogP contribution in [0, 0.1) is 0 Å². The predicted octanol–water partition coefficient (Wildman–Crippen LogP) is 2.39. The van der Waals surface area contributed by atoms with E-state index in [0.29, 0.717) is 36.2 Å². The largest absolute Gasteiger partial charge is 0.378 e. The number of morpholine rings is 1. The zero-order chi connectivity index (χ0) is 17.8. The number of carbonyl (C=O) groups is 1. The van der Waals surface area contributed by atoms with Crippen molar-refractivity contribution in [1.29, 1.82) is 0 Å². The number of hydrogen-bond donors (Lipinski definition) is 1. The average Bonchev–Trinajstić information content (AvgIpc) is 2.62. The molecule has 3 rings (SSSR count). The molecule has 0 unspecified atom stereocenters. The van der Waals surface area contributed by atoms with Crippen molar-refractivity contribution in [3.05, 3.63) is 40.5 Å². The number of rotatable bonds is 4. The van der Waals surface area contributed by atoms with Gasteiger partial charge in [0.1, 0.15) is 5.69 Å². The first-order valence-corrected chi connectivity index (χ1v) is 8.78. The van der Waals surface area contributed by atoms with E-state index in [2.05, 4.69) is 36.1 Å². The molecular formula is C17H20BrN5O2. The highest BCUT2D eigenvalue weighted by molar-refractivity contribution is 9.10. The summed E-state index contributed by atoms with van der Waals surface area (Å²) in [5.74, 6) is 1.11. The smallest absolute Gasteiger partial charge is 0.255 e. The zero-order valence-electron chi connectivity index (χ0n) is 14.2. The average molecular weight is 406 g/mol. The summed E-state index contributed by atoms with van der Waals surface area (Å²) in [4.78, 5) is 25.5. The summed E-state index contributed by atoms with van der Waals surface area (Å²) < 4.78 is 6.22. The third kappa shape index (κ3) is 4.26. The molecule has 1 saturated heterocycles.